The molecule has 3 nitrogen and oxygen atoms in total. The van der Waals surface area contributed by atoms with Gasteiger partial charge in [0.2, 0.25) is 11.2 Å². The van der Waals surface area contributed by atoms with Crippen LogP contribution in [0.3, 0.4) is 0 Å². The molecule has 2 aromatic rings. The van der Waals surface area contributed by atoms with Gasteiger partial charge in [0, 0.05) is 0 Å². The molecule has 74 valence electrons. The van der Waals surface area contributed by atoms with Crippen molar-refractivity contribution in [2.45, 2.75) is 0 Å². The lowest BCUT2D eigenvalue weighted by molar-refractivity contribution is 0.354. The quantitative estimate of drug-likeness (QED) is 0.694. The van der Waals surface area contributed by atoms with Crippen molar-refractivity contribution in [2.75, 3.05) is 6.61 Å². The number of benzene rings is 1. The summed E-state index contributed by atoms with van der Waals surface area (Å²) in [6, 6.07) is 6.98. The van der Waals surface area contributed by atoms with Crippen molar-refractivity contribution in [3.63, 3.8) is 0 Å². The fraction of sp³-hybridized carbons (Fsp3) is 0.0833. The minimum Gasteiger partial charge on any atom is -0.474 e. The second-order valence-corrected chi connectivity index (χ2v) is 2.92. The molecule has 0 saturated heterocycles. The van der Waals surface area contributed by atoms with Gasteiger partial charge in [0.25, 0.3) is 0 Å². The fourth-order valence-corrected chi connectivity index (χ4v) is 1.28. The van der Waals surface area contributed by atoms with Crippen LogP contribution in [0, 0.1) is 12.3 Å². The van der Waals surface area contributed by atoms with Gasteiger partial charge in [0.15, 0.2) is 0 Å². The highest BCUT2D eigenvalue weighted by molar-refractivity contribution is 5.77. The van der Waals surface area contributed by atoms with E-state index in [2.05, 4.69) is 5.92 Å². The lowest BCUT2D eigenvalue weighted by Crippen LogP contribution is -2.07. The molecule has 0 atom stereocenters. The van der Waals surface area contributed by atoms with E-state index in [1.54, 1.807) is 24.3 Å². The lowest BCUT2D eigenvalue weighted by atomic mass is 10.2. The molecule has 0 aliphatic heterocycles. The Morgan fingerprint density at radius 1 is 1.40 bits per heavy atom. The summed E-state index contributed by atoms with van der Waals surface area (Å²) < 4.78 is 10.3. The zero-order valence-corrected chi connectivity index (χ0v) is 7.90. The van der Waals surface area contributed by atoms with Crippen molar-refractivity contribution in [1.29, 1.82) is 0 Å². The highest BCUT2D eigenvalue weighted by Gasteiger charge is 2.06. The van der Waals surface area contributed by atoms with Crippen molar-refractivity contribution in [3.05, 3.63) is 40.8 Å². The maximum Gasteiger partial charge on any atom is 0.234 e. The molecule has 2 rings (SSSR count). The third-order valence-electron chi connectivity index (χ3n) is 1.96. The van der Waals surface area contributed by atoms with Crippen LogP contribution in [-0.4, -0.2) is 6.61 Å². The summed E-state index contributed by atoms with van der Waals surface area (Å²) in [5, 5.41) is 0.493. The zero-order chi connectivity index (χ0) is 10.7. The van der Waals surface area contributed by atoms with E-state index in [-0.39, 0.29) is 17.8 Å². The highest BCUT2D eigenvalue weighted by Crippen LogP contribution is 2.13. The van der Waals surface area contributed by atoms with Crippen molar-refractivity contribution < 1.29 is 9.15 Å². The summed E-state index contributed by atoms with van der Waals surface area (Å²) in [7, 11) is 0. The predicted octanol–water partition coefficient (Wildman–Crippen LogP) is 1.80. The number of hydrogen-bond acceptors (Lipinski definition) is 3. The Kier molecular flexibility index (Phi) is 2.42. The molecule has 3 heteroatoms. The minimum absolute atomic E-state index is 0.0586. The molecule has 0 bridgehead atoms. The summed E-state index contributed by atoms with van der Waals surface area (Å²) in [5.74, 6) is 2.43. The van der Waals surface area contributed by atoms with Gasteiger partial charge in [-0.3, -0.25) is 4.79 Å². The summed E-state index contributed by atoms with van der Waals surface area (Å²) in [6.07, 6.45) is 6.31. The maximum atomic E-state index is 11.8. The van der Waals surface area contributed by atoms with Crippen molar-refractivity contribution in [1.82, 2.24) is 0 Å². The van der Waals surface area contributed by atoms with E-state index in [0.717, 1.165) is 0 Å². The summed E-state index contributed by atoms with van der Waals surface area (Å²) in [4.78, 5) is 11.8. The van der Waals surface area contributed by atoms with Crippen molar-refractivity contribution >= 4 is 11.0 Å². The first-order valence-electron chi connectivity index (χ1n) is 4.40. The van der Waals surface area contributed by atoms with E-state index < -0.39 is 0 Å². The molecule has 1 aromatic carbocycles. The molecular weight excluding hydrogens is 192 g/mol. The number of hydrogen-bond donors (Lipinski definition) is 0. The molecule has 0 N–H and O–H groups in total. The largest absolute Gasteiger partial charge is 0.474 e. The Labute approximate surface area is 86.3 Å². The summed E-state index contributed by atoms with van der Waals surface area (Å²) in [6.45, 7) is 0.0586. The van der Waals surface area contributed by atoms with Gasteiger partial charge in [-0.15, -0.1) is 6.42 Å². The monoisotopic (exact) mass is 200 g/mol. The van der Waals surface area contributed by atoms with E-state index >= 15 is 0 Å². The molecule has 0 amide bonds. The van der Waals surface area contributed by atoms with Crippen LogP contribution in [0.1, 0.15) is 0 Å². The number of rotatable bonds is 2. The Bertz CT molecular complexity index is 575. The summed E-state index contributed by atoms with van der Waals surface area (Å²) in [5.41, 5.74) is 0.336. The van der Waals surface area contributed by atoms with Crippen LogP contribution in [0.4, 0.5) is 0 Å². The Hall–Kier alpha value is -2.21. The second-order valence-electron chi connectivity index (χ2n) is 2.92. The Balaban J connectivity index is 2.57. The van der Waals surface area contributed by atoms with Gasteiger partial charge in [0.1, 0.15) is 18.5 Å². The Morgan fingerprint density at radius 3 is 3.00 bits per heavy atom. The van der Waals surface area contributed by atoms with E-state index in [1.165, 1.54) is 6.26 Å². The lowest BCUT2D eigenvalue weighted by Gasteiger charge is -2.01. The molecule has 15 heavy (non-hydrogen) atoms. The SMILES string of the molecule is C#CCOc1coc2ccccc2c1=O. The van der Waals surface area contributed by atoms with Crippen LogP contribution in [0.5, 0.6) is 5.75 Å². The number of para-hydroxylation sites is 1. The highest BCUT2D eigenvalue weighted by atomic mass is 16.5. The molecule has 1 aromatic heterocycles. The third kappa shape index (κ3) is 1.70. The number of terminal acetylenes is 1. The standard InChI is InChI=1S/C12H8O3/c1-2-7-14-11-8-15-10-6-4-3-5-9(10)12(11)13/h1,3-6,8H,7H2. The van der Waals surface area contributed by atoms with E-state index in [1.807, 2.05) is 0 Å². The van der Waals surface area contributed by atoms with Gasteiger partial charge in [-0.1, -0.05) is 18.1 Å². The zero-order valence-electron chi connectivity index (χ0n) is 7.90. The predicted molar refractivity (Wildman–Crippen MR) is 56.8 cm³/mol. The molecule has 0 aliphatic rings. The molecule has 0 aliphatic carbocycles. The first-order chi connectivity index (χ1) is 7.33. The van der Waals surface area contributed by atoms with Crippen molar-refractivity contribution in [2.24, 2.45) is 0 Å². The average Bonchev–Trinajstić information content (AvgIpc) is 2.29. The van der Waals surface area contributed by atoms with Crippen LogP contribution in [-0.2, 0) is 0 Å². The van der Waals surface area contributed by atoms with Crippen LogP contribution >= 0.6 is 0 Å². The molecular formula is C12H8O3. The minimum atomic E-state index is -0.202. The van der Waals surface area contributed by atoms with Gasteiger partial charge in [-0.05, 0) is 12.1 Å². The number of ether oxygens (including phenoxy) is 1. The van der Waals surface area contributed by atoms with Gasteiger partial charge in [-0.2, -0.15) is 0 Å². The fourth-order valence-electron chi connectivity index (χ4n) is 1.28. The molecule has 0 radical (unpaired) electrons. The number of fused-ring (bicyclic) bond motifs is 1. The van der Waals surface area contributed by atoms with Crippen LogP contribution in [0.25, 0.3) is 11.0 Å². The van der Waals surface area contributed by atoms with Crippen LogP contribution in [0.15, 0.2) is 39.7 Å². The molecule has 0 saturated carbocycles. The maximum absolute atomic E-state index is 11.8. The Morgan fingerprint density at radius 2 is 2.20 bits per heavy atom. The average molecular weight is 200 g/mol. The topological polar surface area (TPSA) is 39.4 Å². The molecule has 0 fully saturated rings. The normalized spacial score (nSPS) is 9.80. The van der Waals surface area contributed by atoms with E-state index in [0.29, 0.717) is 11.0 Å². The van der Waals surface area contributed by atoms with Gasteiger partial charge in [0.05, 0.1) is 5.39 Å². The van der Waals surface area contributed by atoms with Crippen LogP contribution in [0.2, 0.25) is 0 Å². The second kappa shape index (κ2) is 3.89. The van der Waals surface area contributed by atoms with E-state index in [4.69, 9.17) is 15.6 Å². The first-order valence-corrected chi connectivity index (χ1v) is 4.40. The first kappa shape index (κ1) is 9.35. The molecule has 0 spiro atoms. The van der Waals surface area contributed by atoms with Crippen LogP contribution < -0.4 is 10.2 Å². The third-order valence-corrected chi connectivity index (χ3v) is 1.96. The van der Waals surface area contributed by atoms with E-state index in [9.17, 15) is 4.79 Å². The molecule has 0 unspecified atom stereocenters. The van der Waals surface area contributed by atoms with Gasteiger partial charge < -0.3 is 9.15 Å². The van der Waals surface area contributed by atoms with Gasteiger partial charge in [-0.25, -0.2) is 0 Å². The van der Waals surface area contributed by atoms with Gasteiger partial charge >= 0.3 is 0 Å². The van der Waals surface area contributed by atoms with Crippen molar-refractivity contribution in [3.8, 4) is 18.1 Å². The smallest absolute Gasteiger partial charge is 0.234 e. The summed E-state index contributed by atoms with van der Waals surface area (Å²) >= 11 is 0. The molecule has 1 heterocycles.